The predicted molar refractivity (Wildman–Crippen MR) is 110 cm³/mol. The molecular weight excluding hydrogens is 391 g/mol. The van der Waals surface area contributed by atoms with E-state index in [-0.39, 0.29) is 12.2 Å². The number of ketones is 1. The van der Waals surface area contributed by atoms with Gasteiger partial charge in [-0.15, -0.1) is 10.2 Å². The van der Waals surface area contributed by atoms with Gasteiger partial charge in [0.25, 0.3) is 0 Å². The Kier molecular flexibility index (Phi) is 5.44. The van der Waals surface area contributed by atoms with Gasteiger partial charge in [0.05, 0.1) is 12.1 Å². The van der Waals surface area contributed by atoms with Gasteiger partial charge in [-0.2, -0.15) is 0 Å². The highest BCUT2D eigenvalue weighted by atomic mass is 32.2. The van der Waals surface area contributed by atoms with Gasteiger partial charge >= 0.3 is 0 Å². The van der Waals surface area contributed by atoms with Crippen molar-refractivity contribution in [2.24, 2.45) is 12.0 Å². The summed E-state index contributed by atoms with van der Waals surface area (Å²) < 4.78 is 21.1. The lowest BCUT2D eigenvalue weighted by atomic mass is 10.0. The molecule has 1 aliphatic heterocycles. The van der Waals surface area contributed by atoms with Gasteiger partial charge < -0.3 is 9.30 Å². The Balaban J connectivity index is 1.41. The van der Waals surface area contributed by atoms with Gasteiger partial charge in [-0.3, -0.25) is 9.79 Å². The Morgan fingerprint density at radius 2 is 2.03 bits per heavy atom. The molecule has 0 N–H and O–H groups in total. The first-order chi connectivity index (χ1) is 14.0. The second-order valence-electron chi connectivity index (χ2n) is 6.74. The topological polar surface area (TPSA) is 69.4 Å². The van der Waals surface area contributed by atoms with E-state index in [0.717, 1.165) is 17.0 Å². The highest BCUT2D eigenvalue weighted by molar-refractivity contribution is 7.99. The monoisotopic (exact) mass is 410 g/mol. The summed E-state index contributed by atoms with van der Waals surface area (Å²) in [6.45, 7) is 2.30. The van der Waals surface area contributed by atoms with Crippen LogP contribution < -0.4 is 4.74 Å². The van der Waals surface area contributed by atoms with Crippen molar-refractivity contribution >= 4 is 28.9 Å². The van der Waals surface area contributed by atoms with E-state index in [2.05, 4.69) is 15.2 Å². The van der Waals surface area contributed by atoms with Crippen LogP contribution in [0.1, 0.15) is 28.2 Å². The lowest BCUT2D eigenvalue weighted by molar-refractivity contribution is 0.0999. The van der Waals surface area contributed by atoms with Crippen molar-refractivity contribution in [2.75, 3.05) is 5.75 Å². The summed E-state index contributed by atoms with van der Waals surface area (Å²) in [5.74, 6) is 1.49. The molecule has 4 rings (SSSR count). The molecule has 6 nitrogen and oxygen atoms in total. The SMILES string of the molecule is Cc1ccccc1OCc1nnc(SCC2=Nc3ccc(F)cc3C(=O)C2)n1C. The summed E-state index contributed by atoms with van der Waals surface area (Å²) in [6.07, 6.45) is 0.185. The standard InChI is InChI=1S/C21H19FN4O2S/c1-13-5-3-4-6-19(13)28-11-20-24-25-21(26(20)2)29-12-15-10-18(27)16-9-14(22)7-8-17(16)23-15/h3-9H,10-12H2,1-2H3. The molecule has 8 heteroatoms. The smallest absolute Gasteiger partial charge is 0.191 e. The van der Waals surface area contributed by atoms with Gasteiger partial charge in [-0.25, -0.2) is 4.39 Å². The average molecular weight is 410 g/mol. The molecule has 0 saturated heterocycles. The number of aromatic nitrogens is 3. The molecule has 29 heavy (non-hydrogen) atoms. The van der Waals surface area contributed by atoms with E-state index in [9.17, 15) is 9.18 Å². The normalized spacial score (nSPS) is 13.2. The van der Waals surface area contributed by atoms with Crippen LogP contribution in [0.3, 0.4) is 0 Å². The Bertz CT molecular complexity index is 1110. The number of carbonyl (C=O) groups is 1. The summed E-state index contributed by atoms with van der Waals surface area (Å²) in [5, 5.41) is 9.14. The first kappa shape index (κ1) is 19.3. The molecule has 0 fully saturated rings. The van der Waals surface area contributed by atoms with Crippen molar-refractivity contribution in [2.45, 2.75) is 25.1 Å². The fraction of sp³-hybridized carbons (Fsp3) is 0.238. The number of aliphatic imine (C=N–C) groups is 1. The fourth-order valence-corrected chi connectivity index (χ4v) is 3.87. The van der Waals surface area contributed by atoms with Crippen LogP contribution in [0.2, 0.25) is 0 Å². The van der Waals surface area contributed by atoms with Crippen LogP contribution in [0.15, 0.2) is 52.6 Å². The zero-order valence-electron chi connectivity index (χ0n) is 16.1. The molecule has 1 aliphatic rings. The van der Waals surface area contributed by atoms with Gasteiger partial charge in [0, 0.05) is 24.1 Å². The minimum Gasteiger partial charge on any atom is -0.485 e. The van der Waals surface area contributed by atoms with E-state index in [1.54, 1.807) is 0 Å². The summed E-state index contributed by atoms with van der Waals surface area (Å²) in [6, 6.07) is 11.9. The molecule has 1 aromatic heterocycles. The van der Waals surface area contributed by atoms with Gasteiger partial charge in [0.2, 0.25) is 0 Å². The van der Waals surface area contributed by atoms with Crippen LogP contribution in [0.4, 0.5) is 10.1 Å². The van der Waals surface area contributed by atoms with Gasteiger partial charge in [0.15, 0.2) is 16.8 Å². The van der Waals surface area contributed by atoms with Crippen molar-refractivity contribution in [3.8, 4) is 5.75 Å². The van der Waals surface area contributed by atoms with Crippen LogP contribution in [0.25, 0.3) is 0 Å². The molecule has 0 unspecified atom stereocenters. The summed E-state index contributed by atoms with van der Waals surface area (Å²) in [5.41, 5.74) is 2.65. The number of thioether (sulfide) groups is 1. The molecule has 0 spiro atoms. The quantitative estimate of drug-likeness (QED) is 0.567. The van der Waals surface area contributed by atoms with E-state index in [0.29, 0.717) is 34.6 Å². The zero-order chi connectivity index (χ0) is 20.4. The largest absolute Gasteiger partial charge is 0.485 e. The maximum atomic E-state index is 13.3. The molecule has 0 aliphatic carbocycles. The van der Waals surface area contributed by atoms with E-state index in [1.165, 1.54) is 30.0 Å². The third kappa shape index (κ3) is 4.22. The lowest BCUT2D eigenvalue weighted by Gasteiger charge is -2.14. The van der Waals surface area contributed by atoms with Crippen LogP contribution in [0.5, 0.6) is 5.75 Å². The molecule has 0 radical (unpaired) electrons. The molecule has 0 atom stereocenters. The lowest BCUT2D eigenvalue weighted by Crippen LogP contribution is -2.15. The number of para-hydroxylation sites is 1. The predicted octanol–water partition coefficient (Wildman–Crippen LogP) is 4.29. The number of hydrogen-bond donors (Lipinski definition) is 0. The number of aryl methyl sites for hydroxylation is 1. The highest BCUT2D eigenvalue weighted by Gasteiger charge is 2.21. The third-order valence-electron chi connectivity index (χ3n) is 4.65. The van der Waals surface area contributed by atoms with E-state index >= 15 is 0 Å². The molecule has 2 aromatic carbocycles. The molecule has 0 bridgehead atoms. The minimum absolute atomic E-state index is 0.115. The molecule has 0 saturated carbocycles. The number of fused-ring (bicyclic) bond motifs is 1. The van der Waals surface area contributed by atoms with Crippen LogP contribution in [-0.4, -0.2) is 32.0 Å². The van der Waals surface area contributed by atoms with Gasteiger partial charge in [-0.05, 0) is 36.8 Å². The van der Waals surface area contributed by atoms with Crippen molar-refractivity contribution in [3.63, 3.8) is 0 Å². The fourth-order valence-electron chi connectivity index (χ4n) is 3.01. The number of nitrogens with zero attached hydrogens (tertiary/aromatic N) is 4. The van der Waals surface area contributed by atoms with Crippen molar-refractivity contribution in [1.82, 2.24) is 14.8 Å². The second-order valence-corrected chi connectivity index (χ2v) is 7.68. The van der Waals surface area contributed by atoms with Crippen molar-refractivity contribution in [1.29, 1.82) is 0 Å². The Labute approximate surface area is 171 Å². The molecule has 0 amide bonds. The second kappa shape index (κ2) is 8.16. The zero-order valence-corrected chi connectivity index (χ0v) is 16.9. The Morgan fingerprint density at radius 1 is 1.21 bits per heavy atom. The maximum absolute atomic E-state index is 13.3. The van der Waals surface area contributed by atoms with Crippen LogP contribution in [-0.2, 0) is 13.7 Å². The number of ether oxygens (including phenoxy) is 1. The third-order valence-corrected chi connectivity index (χ3v) is 5.74. The number of hydrogen-bond acceptors (Lipinski definition) is 6. The summed E-state index contributed by atoms with van der Waals surface area (Å²) >= 11 is 1.46. The number of carbonyl (C=O) groups excluding carboxylic acids is 1. The van der Waals surface area contributed by atoms with Gasteiger partial charge in [0.1, 0.15) is 18.2 Å². The molecule has 148 valence electrons. The first-order valence-corrected chi connectivity index (χ1v) is 10.1. The van der Waals surface area contributed by atoms with Gasteiger partial charge in [-0.1, -0.05) is 30.0 Å². The van der Waals surface area contributed by atoms with Crippen molar-refractivity contribution < 1.29 is 13.9 Å². The number of benzene rings is 2. The number of rotatable bonds is 6. The first-order valence-electron chi connectivity index (χ1n) is 9.10. The molecular formula is C21H19FN4O2S. The highest BCUT2D eigenvalue weighted by Crippen LogP contribution is 2.28. The van der Waals surface area contributed by atoms with Crippen LogP contribution in [0, 0.1) is 12.7 Å². The maximum Gasteiger partial charge on any atom is 0.191 e. The number of Topliss-reactive ketones (excluding diaryl/α,β-unsaturated/α-hetero) is 1. The van der Waals surface area contributed by atoms with Crippen LogP contribution >= 0.6 is 11.8 Å². The Hall–Kier alpha value is -3.00. The van der Waals surface area contributed by atoms with E-state index in [1.807, 2.05) is 42.8 Å². The molecule has 2 heterocycles. The summed E-state index contributed by atoms with van der Waals surface area (Å²) in [4.78, 5) is 16.8. The van der Waals surface area contributed by atoms with Crippen molar-refractivity contribution in [3.05, 3.63) is 65.2 Å². The molecule has 3 aromatic rings. The number of halogens is 1. The Morgan fingerprint density at radius 3 is 2.86 bits per heavy atom. The average Bonchev–Trinajstić information content (AvgIpc) is 3.06. The summed E-state index contributed by atoms with van der Waals surface area (Å²) in [7, 11) is 1.88. The minimum atomic E-state index is -0.426. The van der Waals surface area contributed by atoms with E-state index < -0.39 is 5.82 Å². The van der Waals surface area contributed by atoms with E-state index in [4.69, 9.17) is 4.74 Å².